The Morgan fingerprint density at radius 3 is 1.74 bits per heavy atom. The third-order valence-corrected chi connectivity index (χ3v) is 7.32. The van der Waals surface area contributed by atoms with Crippen LogP contribution < -0.4 is 4.74 Å². The lowest BCUT2D eigenvalue weighted by Crippen LogP contribution is -2.31. The van der Waals surface area contributed by atoms with Crippen LogP contribution in [-0.4, -0.2) is 55.2 Å². The zero-order valence-electron chi connectivity index (χ0n) is 26.5. The minimum atomic E-state index is -0.612. The average molecular weight is 585 g/mol. The molecule has 1 rings (SSSR count). The highest BCUT2D eigenvalue weighted by atomic mass is 16.5. The highest BCUT2D eigenvalue weighted by Crippen LogP contribution is 2.35. The van der Waals surface area contributed by atoms with Crippen LogP contribution in [0.1, 0.15) is 89.8 Å². The Balaban J connectivity index is 3.45. The summed E-state index contributed by atoms with van der Waals surface area (Å²) < 4.78 is 17.1. The number of carbonyl (C=O) groups is 2. The average Bonchev–Trinajstić information content (AvgIpc) is 2.97. The van der Waals surface area contributed by atoms with Crippen molar-refractivity contribution in [3.8, 4) is 5.75 Å². The molecule has 0 aliphatic rings. The first-order valence-electron chi connectivity index (χ1n) is 15.0. The summed E-state index contributed by atoms with van der Waals surface area (Å²) in [5, 5.41) is 20.1. The topological polar surface area (TPSA) is 102 Å². The monoisotopic (exact) mass is 584 g/mol. The summed E-state index contributed by atoms with van der Waals surface area (Å²) in [4.78, 5) is 23.8. The fourth-order valence-electron chi connectivity index (χ4n) is 4.72. The van der Waals surface area contributed by atoms with Crippen molar-refractivity contribution in [2.24, 2.45) is 5.41 Å². The molecule has 0 unspecified atom stereocenters. The Labute approximate surface area is 253 Å². The minimum absolute atomic E-state index is 0.120. The van der Waals surface area contributed by atoms with Gasteiger partial charge in [0.2, 0.25) is 0 Å². The van der Waals surface area contributed by atoms with Crippen LogP contribution in [0.15, 0.2) is 54.7 Å². The Hall–Kier alpha value is -3.16. The first-order valence-corrected chi connectivity index (χ1v) is 15.0. The quantitative estimate of drug-likeness (QED) is 0.0717. The molecule has 234 valence electrons. The first-order chi connectivity index (χ1) is 20.0. The molecule has 1 aromatic carbocycles. The van der Waals surface area contributed by atoms with Crippen molar-refractivity contribution >= 4 is 17.5 Å². The predicted octanol–water partition coefficient (Wildman–Crippen LogP) is 6.70. The van der Waals surface area contributed by atoms with E-state index >= 15 is 0 Å². The van der Waals surface area contributed by atoms with Gasteiger partial charge in [0.25, 0.3) is 0 Å². The molecule has 0 aliphatic carbocycles. The number of hydrogen-bond donors (Lipinski definition) is 2. The summed E-state index contributed by atoms with van der Waals surface area (Å²) in [6.45, 7) is 21.4. The molecule has 42 heavy (non-hydrogen) atoms. The van der Waals surface area contributed by atoms with E-state index in [0.717, 1.165) is 46.4 Å². The molecule has 7 heteroatoms. The second-order valence-corrected chi connectivity index (χ2v) is 11.0. The standard InChI is InChI=1S/C35H52O7/c1-9-16-35(23-36,24-37)17-20-40-32-28(14-12-18-41-33(38)25(4)5)21-30(31(11-3)27(8)10-2)22-29(32)15-13-19-42-34(39)26(6)7/h11,21-22,36-37H,4,6,8-10,12-20,23-24H2,1-3,5,7H3/b31-11+. The molecule has 1 aromatic rings. The number of rotatable bonds is 21. The van der Waals surface area contributed by atoms with Crippen LogP contribution in [0.5, 0.6) is 5.75 Å². The van der Waals surface area contributed by atoms with Crippen LogP contribution in [0.2, 0.25) is 0 Å². The number of aliphatic hydroxyl groups excluding tert-OH is 2. The van der Waals surface area contributed by atoms with Gasteiger partial charge in [0.15, 0.2) is 0 Å². The number of allylic oxidation sites excluding steroid dienone is 3. The molecule has 0 saturated heterocycles. The lowest BCUT2D eigenvalue weighted by atomic mass is 9.82. The van der Waals surface area contributed by atoms with Crippen LogP contribution in [0.3, 0.4) is 0 Å². The van der Waals surface area contributed by atoms with Gasteiger partial charge in [-0.05, 0) is 106 Å². The molecule has 0 heterocycles. The summed E-state index contributed by atoms with van der Waals surface area (Å²) in [6.07, 6.45) is 7.24. The molecule has 2 N–H and O–H groups in total. The summed E-state index contributed by atoms with van der Waals surface area (Å²) in [5.74, 6) is -0.100. The highest BCUT2D eigenvalue weighted by molar-refractivity contribution is 5.87. The molecule has 0 fully saturated rings. The lowest BCUT2D eigenvalue weighted by Gasteiger charge is -2.30. The van der Waals surface area contributed by atoms with Gasteiger partial charge in [-0.3, -0.25) is 0 Å². The number of benzene rings is 1. The van der Waals surface area contributed by atoms with Crippen molar-refractivity contribution in [1.82, 2.24) is 0 Å². The Morgan fingerprint density at radius 1 is 0.857 bits per heavy atom. The van der Waals surface area contributed by atoms with Crippen LogP contribution in [0.25, 0.3) is 5.57 Å². The van der Waals surface area contributed by atoms with Crippen LogP contribution >= 0.6 is 0 Å². The molecule has 0 amide bonds. The molecular formula is C35H52O7. The van der Waals surface area contributed by atoms with Crippen molar-refractivity contribution in [2.75, 3.05) is 33.0 Å². The summed E-state index contributed by atoms with van der Waals surface area (Å²) in [7, 11) is 0. The molecule has 0 saturated carbocycles. The molecule has 0 spiro atoms. The van der Waals surface area contributed by atoms with Crippen LogP contribution in [0.4, 0.5) is 0 Å². The van der Waals surface area contributed by atoms with Gasteiger partial charge < -0.3 is 24.4 Å². The fraction of sp³-hybridized carbons (Fsp3) is 0.543. The maximum Gasteiger partial charge on any atom is 0.333 e. The summed E-state index contributed by atoms with van der Waals surface area (Å²) in [5.41, 5.74) is 5.12. The number of hydrogen-bond acceptors (Lipinski definition) is 7. The molecule has 7 nitrogen and oxygen atoms in total. The normalized spacial score (nSPS) is 11.6. The highest BCUT2D eigenvalue weighted by Gasteiger charge is 2.28. The molecular weight excluding hydrogens is 532 g/mol. The Kier molecular flexibility index (Phi) is 16.8. The van der Waals surface area contributed by atoms with Gasteiger partial charge in [0.1, 0.15) is 5.75 Å². The first kappa shape index (κ1) is 36.9. The summed E-state index contributed by atoms with van der Waals surface area (Å²) >= 11 is 0. The van der Waals surface area contributed by atoms with E-state index in [-0.39, 0.29) is 26.4 Å². The SMILES string of the molecule is C=C(C)C(=O)OCCCc1cc(/C(=C/C)C(=C)CC)cc(CCCOC(=O)C(=C)C)c1OCCC(CO)(CO)CCC. The van der Waals surface area contributed by atoms with E-state index in [1.54, 1.807) is 13.8 Å². The van der Waals surface area contributed by atoms with Crippen LogP contribution in [-0.2, 0) is 31.9 Å². The third-order valence-electron chi connectivity index (χ3n) is 7.32. The van der Waals surface area contributed by atoms with Crippen molar-refractivity contribution in [3.05, 3.63) is 71.4 Å². The van der Waals surface area contributed by atoms with Gasteiger partial charge in [-0.25, -0.2) is 9.59 Å². The van der Waals surface area contributed by atoms with E-state index in [1.165, 1.54) is 0 Å². The lowest BCUT2D eigenvalue weighted by molar-refractivity contribution is -0.139. The van der Waals surface area contributed by atoms with Gasteiger partial charge >= 0.3 is 11.9 Å². The summed E-state index contributed by atoms with van der Waals surface area (Å²) in [6, 6.07) is 4.21. The molecule has 0 bridgehead atoms. The number of carbonyl (C=O) groups excluding carboxylic acids is 2. The van der Waals surface area contributed by atoms with E-state index in [4.69, 9.17) is 14.2 Å². The largest absolute Gasteiger partial charge is 0.493 e. The van der Waals surface area contributed by atoms with Gasteiger partial charge in [0, 0.05) is 16.6 Å². The third kappa shape index (κ3) is 11.6. The van der Waals surface area contributed by atoms with E-state index in [9.17, 15) is 19.8 Å². The van der Waals surface area contributed by atoms with E-state index in [1.807, 2.05) is 13.8 Å². The number of ether oxygens (including phenoxy) is 3. The molecule has 0 aliphatic heterocycles. The van der Waals surface area contributed by atoms with Gasteiger partial charge in [-0.1, -0.05) is 46.1 Å². The van der Waals surface area contributed by atoms with Crippen molar-refractivity contribution in [3.63, 3.8) is 0 Å². The minimum Gasteiger partial charge on any atom is -0.493 e. The van der Waals surface area contributed by atoms with Gasteiger partial charge in [-0.2, -0.15) is 0 Å². The Bertz CT molecular complexity index is 1050. The van der Waals surface area contributed by atoms with Gasteiger partial charge in [-0.15, -0.1) is 0 Å². The molecule has 0 aromatic heterocycles. The van der Waals surface area contributed by atoms with E-state index in [0.29, 0.717) is 56.3 Å². The second kappa shape index (κ2) is 19.1. The fourth-order valence-corrected chi connectivity index (χ4v) is 4.72. The number of esters is 2. The zero-order valence-corrected chi connectivity index (χ0v) is 26.5. The molecule has 0 radical (unpaired) electrons. The van der Waals surface area contributed by atoms with Crippen molar-refractivity contribution in [1.29, 1.82) is 0 Å². The maximum atomic E-state index is 11.9. The van der Waals surface area contributed by atoms with Gasteiger partial charge in [0.05, 0.1) is 33.0 Å². The second-order valence-electron chi connectivity index (χ2n) is 11.0. The number of aliphatic hydroxyl groups is 2. The number of aryl methyl sites for hydroxylation is 2. The predicted molar refractivity (Wildman–Crippen MR) is 169 cm³/mol. The smallest absolute Gasteiger partial charge is 0.333 e. The molecule has 0 atom stereocenters. The van der Waals surface area contributed by atoms with E-state index in [2.05, 4.69) is 44.9 Å². The van der Waals surface area contributed by atoms with E-state index < -0.39 is 17.4 Å². The zero-order chi connectivity index (χ0) is 31.7. The van der Waals surface area contributed by atoms with Crippen molar-refractivity contribution in [2.45, 2.75) is 86.0 Å². The van der Waals surface area contributed by atoms with Crippen LogP contribution in [0, 0.1) is 5.41 Å². The van der Waals surface area contributed by atoms with Crippen molar-refractivity contribution < 1.29 is 34.0 Å². The maximum absolute atomic E-state index is 11.9. The Morgan fingerprint density at radius 2 is 1.36 bits per heavy atom.